The first-order chi connectivity index (χ1) is 29.7. The Hall–Kier alpha value is -8.01. The molecule has 1 aromatic heterocycles. The highest BCUT2D eigenvalue weighted by Crippen LogP contribution is 2.40. The summed E-state index contributed by atoms with van der Waals surface area (Å²) in [5.41, 5.74) is 12.0. The summed E-state index contributed by atoms with van der Waals surface area (Å²) in [4.78, 5) is 15.5. The Morgan fingerprint density at radius 3 is 1.23 bits per heavy atom. The fourth-order valence-electron chi connectivity index (χ4n) is 8.47. The van der Waals surface area contributed by atoms with Crippen LogP contribution in [0.3, 0.4) is 0 Å². The van der Waals surface area contributed by atoms with Crippen LogP contribution in [-0.2, 0) is 0 Å². The third kappa shape index (κ3) is 6.58. The molecule has 0 aliphatic heterocycles. The third-order valence-electron chi connectivity index (χ3n) is 11.5. The number of hydrogen-bond acceptors (Lipinski definition) is 3. The van der Waals surface area contributed by atoms with Gasteiger partial charge in [-0.15, -0.1) is 0 Å². The summed E-state index contributed by atoms with van der Waals surface area (Å²) in [5, 5.41) is 7.43. The molecule has 0 atom stereocenters. The van der Waals surface area contributed by atoms with Gasteiger partial charge in [0, 0.05) is 16.7 Å². The maximum absolute atomic E-state index is 5.18. The smallest absolute Gasteiger partial charge is 0.164 e. The van der Waals surface area contributed by atoms with Crippen molar-refractivity contribution in [3.05, 3.63) is 224 Å². The van der Waals surface area contributed by atoms with Gasteiger partial charge in [0.15, 0.2) is 17.5 Å². The van der Waals surface area contributed by atoms with Gasteiger partial charge in [0.05, 0.1) is 0 Å². The summed E-state index contributed by atoms with van der Waals surface area (Å²) in [5.74, 6) is 1.87. The minimum atomic E-state index is 0.623. The zero-order valence-corrected chi connectivity index (χ0v) is 32.7. The van der Waals surface area contributed by atoms with E-state index in [0.29, 0.717) is 17.5 Å². The van der Waals surface area contributed by atoms with Crippen molar-refractivity contribution in [1.29, 1.82) is 0 Å². The largest absolute Gasteiger partial charge is 0.208 e. The Balaban J connectivity index is 1.03. The Bertz CT molecular complexity index is 3340. The van der Waals surface area contributed by atoms with E-state index in [1.54, 1.807) is 0 Å². The van der Waals surface area contributed by atoms with Crippen molar-refractivity contribution in [2.75, 3.05) is 0 Å². The van der Waals surface area contributed by atoms with Crippen molar-refractivity contribution >= 4 is 32.3 Å². The molecule has 3 heteroatoms. The maximum atomic E-state index is 5.18. The standard InChI is InChI=1S/C57H37N3/c1-3-13-38(14-4-1)40-25-27-41(28-26-40)46-20-12-22-49(36-46)57-59-55(58-56(60-57)48-21-11-19-45(35-48)39-15-5-2-6-16-39)44-31-29-43(30-32-44)54-51-24-10-8-18-47(51)37-53-50-23-9-7-17-42(50)33-34-52(53)54/h1-37H. The Morgan fingerprint density at radius 1 is 0.200 bits per heavy atom. The van der Waals surface area contributed by atoms with Gasteiger partial charge in [0.2, 0.25) is 0 Å². The number of rotatable bonds is 7. The van der Waals surface area contributed by atoms with Gasteiger partial charge in [-0.1, -0.05) is 206 Å². The normalized spacial score (nSPS) is 11.3. The highest BCUT2D eigenvalue weighted by Gasteiger charge is 2.16. The second-order valence-electron chi connectivity index (χ2n) is 15.2. The summed E-state index contributed by atoms with van der Waals surface area (Å²) in [6.45, 7) is 0. The van der Waals surface area contributed by atoms with Crippen LogP contribution >= 0.6 is 0 Å². The lowest BCUT2D eigenvalue weighted by Gasteiger charge is -2.15. The van der Waals surface area contributed by atoms with Crippen molar-refractivity contribution < 1.29 is 0 Å². The van der Waals surface area contributed by atoms with Gasteiger partial charge in [-0.05, 0) is 95.0 Å². The van der Waals surface area contributed by atoms with Gasteiger partial charge < -0.3 is 0 Å². The predicted octanol–water partition coefficient (Wildman–Crippen LogP) is 15.0. The molecule has 1 heterocycles. The fraction of sp³-hybridized carbons (Fsp3) is 0. The van der Waals surface area contributed by atoms with E-state index in [4.69, 9.17) is 15.0 Å². The van der Waals surface area contributed by atoms with E-state index in [1.165, 1.54) is 49.0 Å². The van der Waals surface area contributed by atoms with Crippen molar-refractivity contribution in [2.24, 2.45) is 0 Å². The zero-order chi connectivity index (χ0) is 39.8. The summed E-state index contributed by atoms with van der Waals surface area (Å²) in [6.07, 6.45) is 0. The van der Waals surface area contributed by atoms with E-state index in [1.807, 2.05) is 12.1 Å². The minimum absolute atomic E-state index is 0.623. The Labute approximate surface area is 349 Å². The van der Waals surface area contributed by atoms with Crippen molar-refractivity contribution in [1.82, 2.24) is 15.0 Å². The molecule has 60 heavy (non-hydrogen) atoms. The summed E-state index contributed by atoms with van der Waals surface area (Å²) >= 11 is 0. The molecule has 11 aromatic rings. The maximum Gasteiger partial charge on any atom is 0.164 e. The highest BCUT2D eigenvalue weighted by molar-refractivity contribution is 6.20. The van der Waals surface area contributed by atoms with Crippen LogP contribution in [0.2, 0.25) is 0 Å². The van der Waals surface area contributed by atoms with Crippen molar-refractivity contribution in [2.45, 2.75) is 0 Å². The van der Waals surface area contributed by atoms with E-state index in [9.17, 15) is 0 Å². The zero-order valence-electron chi connectivity index (χ0n) is 32.7. The van der Waals surface area contributed by atoms with Crippen LogP contribution in [-0.4, -0.2) is 15.0 Å². The second-order valence-corrected chi connectivity index (χ2v) is 15.2. The average molecular weight is 764 g/mol. The van der Waals surface area contributed by atoms with Crippen LogP contribution in [0.4, 0.5) is 0 Å². The fourth-order valence-corrected chi connectivity index (χ4v) is 8.47. The lowest BCUT2D eigenvalue weighted by molar-refractivity contribution is 1.07. The average Bonchev–Trinajstić information content (AvgIpc) is 3.34. The molecule has 0 saturated heterocycles. The van der Waals surface area contributed by atoms with Crippen LogP contribution in [0.15, 0.2) is 224 Å². The van der Waals surface area contributed by atoms with Gasteiger partial charge in [-0.2, -0.15) is 0 Å². The van der Waals surface area contributed by atoms with Crippen molar-refractivity contribution in [3.63, 3.8) is 0 Å². The molecule has 280 valence electrons. The van der Waals surface area contributed by atoms with E-state index < -0.39 is 0 Å². The van der Waals surface area contributed by atoms with Crippen LogP contribution in [0, 0.1) is 0 Å². The van der Waals surface area contributed by atoms with Crippen LogP contribution in [0.1, 0.15) is 0 Å². The molecule has 0 spiro atoms. The van der Waals surface area contributed by atoms with Gasteiger partial charge in [-0.3, -0.25) is 0 Å². The van der Waals surface area contributed by atoms with Gasteiger partial charge in [0.1, 0.15) is 0 Å². The summed E-state index contributed by atoms with van der Waals surface area (Å²) in [7, 11) is 0. The molecule has 0 aliphatic rings. The molecule has 10 aromatic carbocycles. The second kappa shape index (κ2) is 15.1. The Kier molecular flexibility index (Phi) is 8.83. The van der Waals surface area contributed by atoms with Crippen molar-refractivity contribution in [3.8, 4) is 78.7 Å². The van der Waals surface area contributed by atoms with Gasteiger partial charge >= 0.3 is 0 Å². The number of aromatic nitrogens is 3. The van der Waals surface area contributed by atoms with E-state index in [2.05, 4.69) is 212 Å². The first-order valence-electron chi connectivity index (χ1n) is 20.3. The lowest BCUT2D eigenvalue weighted by Crippen LogP contribution is -2.00. The third-order valence-corrected chi connectivity index (χ3v) is 11.5. The molecular weight excluding hydrogens is 727 g/mol. The molecule has 0 radical (unpaired) electrons. The first kappa shape index (κ1) is 35.2. The summed E-state index contributed by atoms with van der Waals surface area (Å²) in [6, 6.07) is 79.5. The summed E-state index contributed by atoms with van der Waals surface area (Å²) < 4.78 is 0. The molecule has 0 aliphatic carbocycles. The molecule has 3 nitrogen and oxygen atoms in total. The molecule has 0 N–H and O–H groups in total. The molecule has 0 fully saturated rings. The van der Waals surface area contributed by atoms with Crippen LogP contribution < -0.4 is 0 Å². The van der Waals surface area contributed by atoms with E-state index >= 15 is 0 Å². The molecule has 0 amide bonds. The molecular formula is C57H37N3. The number of fused-ring (bicyclic) bond motifs is 4. The van der Waals surface area contributed by atoms with Crippen LogP contribution in [0.5, 0.6) is 0 Å². The lowest BCUT2D eigenvalue weighted by atomic mass is 9.89. The monoisotopic (exact) mass is 763 g/mol. The molecule has 11 rings (SSSR count). The molecule has 0 unspecified atom stereocenters. The van der Waals surface area contributed by atoms with E-state index in [-0.39, 0.29) is 0 Å². The number of nitrogens with zero attached hydrogens (tertiary/aromatic N) is 3. The van der Waals surface area contributed by atoms with Crippen LogP contribution in [0.25, 0.3) is 111 Å². The van der Waals surface area contributed by atoms with E-state index in [0.717, 1.165) is 44.5 Å². The van der Waals surface area contributed by atoms with Gasteiger partial charge in [-0.25, -0.2) is 15.0 Å². The number of benzene rings is 10. The van der Waals surface area contributed by atoms with Gasteiger partial charge in [0.25, 0.3) is 0 Å². The molecule has 0 bridgehead atoms. The number of hydrogen-bond donors (Lipinski definition) is 0. The minimum Gasteiger partial charge on any atom is -0.208 e. The Morgan fingerprint density at radius 2 is 0.617 bits per heavy atom. The predicted molar refractivity (Wildman–Crippen MR) is 250 cm³/mol. The topological polar surface area (TPSA) is 38.7 Å². The quantitative estimate of drug-likeness (QED) is 0.120. The molecule has 0 saturated carbocycles. The SMILES string of the molecule is c1ccc(-c2ccc(-c3cccc(-c4nc(-c5ccc(-c6c7ccccc7cc7c6ccc6ccccc67)cc5)nc(-c5cccc(-c6ccccc6)c5)n4)c3)cc2)cc1. The first-order valence-corrected chi connectivity index (χ1v) is 20.3. The highest BCUT2D eigenvalue weighted by atomic mass is 15.0.